The molecule has 1 aliphatic rings. The van der Waals surface area contributed by atoms with Crippen LogP contribution in [0.3, 0.4) is 0 Å². The number of nitrogens with one attached hydrogen (secondary N) is 1. The molecule has 1 amide bonds. The molecule has 1 aliphatic heterocycles. The van der Waals surface area contributed by atoms with Crippen LogP contribution in [0.2, 0.25) is 5.02 Å². The highest BCUT2D eigenvalue weighted by molar-refractivity contribution is 6.31. The predicted octanol–water partition coefficient (Wildman–Crippen LogP) is 1.45. The van der Waals surface area contributed by atoms with Crippen LogP contribution in [0.4, 0.5) is 0 Å². The fourth-order valence-electron chi connectivity index (χ4n) is 1.42. The topological polar surface area (TPSA) is 34.0 Å². The molecule has 0 spiro atoms. The molecule has 0 saturated carbocycles. The van der Waals surface area contributed by atoms with Gasteiger partial charge in [-0.15, -0.1) is 0 Å². The highest BCUT2D eigenvalue weighted by Gasteiger charge is 2.21. The van der Waals surface area contributed by atoms with E-state index in [2.05, 4.69) is 5.32 Å². The number of rotatable bonds is 0. The molecule has 2 heterocycles. The Bertz CT molecular complexity index is 332. The van der Waals surface area contributed by atoms with Crippen LogP contribution in [0.1, 0.15) is 23.5 Å². The van der Waals surface area contributed by atoms with Crippen LogP contribution >= 0.6 is 11.6 Å². The van der Waals surface area contributed by atoms with Gasteiger partial charge in [-0.1, -0.05) is 11.6 Å². The third-order valence-corrected chi connectivity index (χ3v) is 2.29. The minimum atomic E-state index is -0.0417. The van der Waals surface area contributed by atoms with Crippen molar-refractivity contribution in [3.63, 3.8) is 0 Å². The van der Waals surface area contributed by atoms with Crippen molar-refractivity contribution in [2.75, 3.05) is 6.54 Å². The first-order valence-electron chi connectivity index (χ1n) is 3.84. The minimum Gasteiger partial charge on any atom is -0.349 e. The van der Waals surface area contributed by atoms with Crippen molar-refractivity contribution in [3.05, 3.63) is 23.0 Å². The molecule has 0 bridgehead atoms. The zero-order valence-corrected chi connectivity index (χ0v) is 7.43. The van der Waals surface area contributed by atoms with Crippen molar-refractivity contribution in [1.29, 1.82) is 0 Å². The van der Waals surface area contributed by atoms with E-state index in [-0.39, 0.29) is 5.91 Å². The highest BCUT2D eigenvalue weighted by Crippen LogP contribution is 2.21. The molecule has 1 aromatic rings. The zero-order valence-electron chi connectivity index (χ0n) is 6.67. The zero-order chi connectivity index (χ0) is 8.72. The smallest absolute Gasteiger partial charge is 0.268 e. The molecular weight excluding hydrogens is 176 g/mol. The van der Waals surface area contributed by atoms with Gasteiger partial charge in [0, 0.05) is 18.8 Å². The second kappa shape index (κ2) is 2.52. The third-order valence-electron chi connectivity index (χ3n) is 2.08. The highest BCUT2D eigenvalue weighted by atomic mass is 35.5. The van der Waals surface area contributed by atoms with E-state index < -0.39 is 0 Å². The van der Waals surface area contributed by atoms with E-state index in [1.54, 1.807) is 12.3 Å². The molecule has 3 nitrogen and oxygen atoms in total. The molecule has 0 aromatic carbocycles. The summed E-state index contributed by atoms with van der Waals surface area (Å²) in [5.74, 6) is -0.0417. The molecular formula is C8H9ClN2O. The van der Waals surface area contributed by atoms with Gasteiger partial charge in [0.1, 0.15) is 5.69 Å². The van der Waals surface area contributed by atoms with Crippen LogP contribution in [0.15, 0.2) is 12.3 Å². The Labute approximate surface area is 75.3 Å². The first-order chi connectivity index (χ1) is 5.68. The summed E-state index contributed by atoms with van der Waals surface area (Å²) in [6.07, 6.45) is 1.79. The van der Waals surface area contributed by atoms with Gasteiger partial charge < -0.3 is 9.88 Å². The summed E-state index contributed by atoms with van der Waals surface area (Å²) in [6.45, 7) is 2.72. The van der Waals surface area contributed by atoms with Crippen molar-refractivity contribution in [3.8, 4) is 0 Å². The van der Waals surface area contributed by atoms with Gasteiger partial charge in [-0.3, -0.25) is 4.79 Å². The Morgan fingerprint density at radius 1 is 1.75 bits per heavy atom. The maximum absolute atomic E-state index is 11.3. The van der Waals surface area contributed by atoms with Crippen LogP contribution in [-0.4, -0.2) is 17.0 Å². The fraction of sp³-hybridized carbons (Fsp3) is 0.375. The van der Waals surface area contributed by atoms with E-state index in [9.17, 15) is 4.79 Å². The molecule has 12 heavy (non-hydrogen) atoms. The molecule has 0 fully saturated rings. The molecule has 1 atom stereocenters. The lowest BCUT2D eigenvalue weighted by atomic mass is 10.2. The number of aromatic nitrogens is 1. The second-order valence-electron chi connectivity index (χ2n) is 3.01. The van der Waals surface area contributed by atoms with Crippen LogP contribution in [0.5, 0.6) is 0 Å². The molecule has 1 aromatic heterocycles. The number of carbonyl (C=O) groups excluding carboxylic acids is 1. The monoisotopic (exact) mass is 184 g/mol. The minimum absolute atomic E-state index is 0.0417. The molecule has 2 rings (SSSR count). The number of hydrogen-bond donors (Lipinski definition) is 1. The molecule has 4 heteroatoms. The van der Waals surface area contributed by atoms with Crippen molar-refractivity contribution in [2.45, 2.75) is 13.0 Å². The second-order valence-corrected chi connectivity index (χ2v) is 3.45. The van der Waals surface area contributed by atoms with Gasteiger partial charge in [0.15, 0.2) is 0 Å². The number of halogens is 1. The molecule has 0 saturated heterocycles. The normalized spacial score (nSPS) is 21.8. The first-order valence-corrected chi connectivity index (χ1v) is 4.22. The number of carbonyl (C=O) groups is 1. The van der Waals surface area contributed by atoms with Gasteiger partial charge in [0.2, 0.25) is 0 Å². The molecule has 1 N–H and O–H groups in total. The number of fused-ring (bicyclic) bond motifs is 1. The lowest BCUT2D eigenvalue weighted by molar-refractivity contribution is 0.0918. The largest absolute Gasteiger partial charge is 0.349 e. The first kappa shape index (κ1) is 7.68. The summed E-state index contributed by atoms with van der Waals surface area (Å²) in [5, 5.41) is 3.40. The number of nitrogens with zero attached hydrogens (tertiary/aromatic N) is 1. The SMILES string of the molecule is CC1CNC(=O)c2cc(Cl)cn21. The maximum atomic E-state index is 11.3. The van der Waals surface area contributed by atoms with E-state index >= 15 is 0 Å². The lowest BCUT2D eigenvalue weighted by Crippen LogP contribution is -2.37. The van der Waals surface area contributed by atoms with Gasteiger partial charge in [0.05, 0.1) is 5.02 Å². The van der Waals surface area contributed by atoms with Crippen molar-refractivity contribution >= 4 is 17.5 Å². The molecule has 1 unspecified atom stereocenters. The summed E-state index contributed by atoms with van der Waals surface area (Å²) in [6, 6.07) is 1.98. The molecule has 0 aliphatic carbocycles. The Morgan fingerprint density at radius 2 is 2.50 bits per heavy atom. The van der Waals surface area contributed by atoms with E-state index in [0.29, 0.717) is 23.3 Å². The summed E-state index contributed by atoms with van der Waals surface area (Å²) < 4.78 is 1.90. The van der Waals surface area contributed by atoms with Crippen LogP contribution < -0.4 is 5.32 Å². The van der Waals surface area contributed by atoms with E-state index in [4.69, 9.17) is 11.6 Å². The Kier molecular flexibility index (Phi) is 1.61. The number of hydrogen-bond acceptors (Lipinski definition) is 1. The van der Waals surface area contributed by atoms with Crippen molar-refractivity contribution in [2.24, 2.45) is 0 Å². The quantitative estimate of drug-likeness (QED) is 0.651. The molecule has 0 radical (unpaired) electrons. The molecule has 64 valence electrons. The van der Waals surface area contributed by atoms with E-state index in [1.807, 2.05) is 11.5 Å². The van der Waals surface area contributed by atoms with Gasteiger partial charge in [-0.2, -0.15) is 0 Å². The van der Waals surface area contributed by atoms with Crippen LogP contribution in [0, 0.1) is 0 Å². The van der Waals surface area contributed by atoms with Gasteiger partial charge >= 0.3 is 0 Å². The Balaban J connectivity index is 2.54. The average molecular weight is 185 g/mol. The summed E-state index contributed by atoms with van der Waals surface area (Å²) >= 11 is 5.78. The van der Waals surface area contributed by atoms with Gasteiger partial charge in [-0.05, 0) is 13.0 Å². The Morgan fingerprint density at radius 3 is 3.17 bits per heavy atom. The summed E-state index contributed by atoms with van der Waals surface area (Å²) in [5.41, 5.74) is 0.652. The van der Waals surface area contributed by atoms with E-state index in [1.165, 1.54) is 0 Å². The van der Waals surface area contributed by atoms with Gasteiger partial charge in [-0.25, -0.2) is 0 Å². The van der Waals surface area contributed by atoms with Crippen molar-refractivity contribution in [1.82, 2.24) is 9.88 Å². The summed E-state index contributed by atoms with van der Waals surface area (Å²) in [4.78, 5) is 11.3. The fourth-order valence-corrected chi connectivity index (χ4v) is 1.63. The van der Waals surface area contributed by atoms with Crippen LogP contribution in [0.25, 0.3) is 0 Å². The van der Waals surface area contributed by atoms with Crippen LogP contribution in [-0.2, 0) is 0 Å². The average Bonchev–Trinajstić information content (AvgIpc) is 2.41. The maximum Gasteiger partial charge on any atom is 0.268 e. The standard InChI is InChI=1S/C8H9ClN2O/c1-5-3-10-8(12)7-2-6(9)4-11(5)7/h2,4-5H,3H2,1H3,(H,10,12). The lowest BCUT2D eigenvalue weighted by Gasteiger charge is -2.22. The number of amides is 1. The summed E-state index contributed by atoms with van der Waals surface area (Å²) in [7, 11) is 0. The van der Waals surface area contributed by atoms with Gasteiger partial charge in [0.25, 0.3) is 5.91 Å². The van der Waals surface area contributed by atoms with E-state index in [0.717, 1.165) is 0 Å². The Hall–Kier alpha value is -0.960. The van der Waals surface area contributed by atoms with Crippen molar-refractivity contribution < 1.29 is 4.79 Å². The predicted molar refractivity (Wildman–Crippen MR) is 46.5 cm³/mol. The third kappa shape index (κ3) is 1.01.